The molecule has 0 aromatic carbocycles. The molecule has 0 fully saturated rings. The van der Waals surface area contributed by atoms with Crippen LogP contribution in [0, 0.1) is 0 Å². The van der Waals surface area contributed by atoms with Crippen LogP contribution in [0.15, 0.2) is 23.1 Å². The van der Waals surface area contributed by atoms with E-state index >= 15 is 0 Å². The fraction of sp³-hybridized carbons (Fsp3) is 0.444. The summed E-state index contributed by atoms with van der Waals surface area (Å²) in [5, 5.41) is 12.0. The van der Waals surface area contributed by atoms with Crippen molar-refractivity contribution in [2.75, 3.05) is 12.8 Å². The van der Waals surface area contributed by atoms with E-state index in [0.29, 0.717) is 6.54 Å². The summed E-state index contributed by atoms with van der Waals surface area (Å²) < 4.78 is 28.9. The van der Waals surface area contributed by atoms with Crippen LogP contribution < -0.4 is 4.72 Å². The van der Waals surface area contributed by atoms with Gasteiger partial charge in [-0.2, -0.15) is 5.10 Å². The van der Waals surface area contributed by atoms with Gasteiger partial charge >= 0.3 is 0 Å². The summed E-state index contributed by atoms with van der Waals surface area (Å²) in [6.07, 6.45) is 5.22. The van der Waals surface area contributed by atoms with Crippen molar-refractivity contribution in [3.8, 4) is 0 Å². The number of nitrogens with zero attached hydrogens (tertiary/aromatic N) is 5. The first-order chi connectivity index (χ1) is 8.98. The number of rotatable bonds is 6. The van der Waals surface area contributed by atoms with Crippen molar-refractivity contribution < 1.29 is 8.42 Å². The average molecular weight is 349 g/mol. The number of aromatic nitrogens is 5. The highest BCUT2D eigenvalue weighted by atomic mass is 79.9. The Morgan fingerprint density at radius 3 is 2.79 bits per heavy atom. The summed E-state index contributed by atoms with van der Waals surface area (Å²) >= 11 is 3.31. The van der Waals surface area contributed by atoms with Crippen LogP contribution in [0.1, 0.15) is 5.69 Å². The lowest BCUT2D eigenvalue weighted by atomic mass is 10.5. The summed E-state index contributed by atoms with van der Waals surface area (Å²) in [5.41, 5.74) is 0.720. The van der Waals surface area contributed by atoms with E-state index in [1.165, 1.54) is 11.7 Å². The van der Waals surface area contributed by atoms with Gasteiger partial charge in [-0.15, -0.1) is 5.10 Å². The third-order valence-corrected chi connectivity index (χ3v) is 4.16. The van der Waals surface area contributed by atoms with Crippen LogP contribution in [0.25, 0.3) is 0 Å². The number of nitrogens with one attached hydrogen (secondary N) is 1. The van der Waals surface area contributed by atoms with Crippen molar-refractivity contribution >= 4 is 26.0 Å². The lowest BCUT2D eigenvalue weighted by Gasteiger charge is -2.01. The van der Waals surface area contributed by atoms with Crippen molar-refractivity contribution in [3.63, 3.8) is 0 Å². The molecule has 2 rings (SSSR count). The molecule has 2 aromatic heterocycles. The Balaban J connectivity index is 1.96. The molecule has 0 aliphatic rings. The Labute approximate surface area is 119 Å². The minimum Gasteiger partial charge on any atom is -0.265 e. The Morgan fingerprint density at radius 1 is 1.37 bits per heavy atom. The molecule has 104 valence electrons. The number of aryl methyl sites for hydroxylation is 1. The molecule has 19 heavy (non-hydrogen) atoms. The third-order valence-electron chi connectivity index (χ3n) is 2.41. The number of hydrogen-bond donors (Lipinski definition) is 1. The van der Waals surface area contributed by atoms with Crippen LogP contribution >= 0.6 is 15.9 Å². The molecule has 0 spiro atoms. The minimum atomic E-state index is -3.23. The van der Waals surface area contributed by atoms with Gasteiger partial charge in [-0.1, -0.05) is 5.21 Å². The van der Waals surface area contributed by atoms with Crippen molar-refractivity contribution in [2.45, 2.75) is 13.1 Å². The zero-order chi connectivity index (χ0) is 13.9. The molecule has 2 heterocycles. The van der Waals surface area contributed by atoms with Gasteiger partial charge in [0, 0.05) is 6.20 Å². The molecule has 1 N–H and O–H groups in total. The number of hydrogen-bond acceptors (Lipinski definition) is 5. The predicted molar refractivity (Wildman–Crippen MR) is 71.9 cm³/mol. The summed E-state index contributed by atoms with van der Waals surface area (Å²) in [4.78, 5) is 0. The van der Waals surface area contributed by atoms with E-state index < -0.39 is 10.0 Å². The summed E-state index contributed by atoms with van der Waals surface area (Å²) in [6, 6.07) is 0. The van der Waals surface area contributed by atoms with E-state index in [9.17, 15) is 8.42 Å². The second-order valence-electron chi connectivity index (χ2n) is 3.85. The molecule has 0 aliphatic carbocycles. The maximum atomic E-state index is 11.3. The monoisotopic (exact) mass is 348 g/mol. The van der Waals surface area contributed by atoms with Gasteiger partial charge in [0.25, 0.3) is 0 Å². The first-order valence-corrected chi connectivity index (χ1v) is 7.91. The van der Waals surface area contributed by atoms with Gasteiger partial charge in [0.05, 0.1) is 35.7 Å². The summed E-state index contributed by atoms with van der Waals surface area (Å²) in [5.74, 6) is -0.0282. The van der Waals surface area contributed by atoms with E-state index in [0.717, 1.165) is 10.2 Å². The van der Waals surface area contributed by atoms with Gasteiger partial charge in [-0.05, 0) is 23.0 Å². The largest absolute Gasteiger partial charge is 0.265 e. The third kappa shape index (κ3) is 4.11. The van der Waals surface area contributed by atoms with Crippen LogP contribution in [0.4, 0.5) is 0 Å². The Bertz CT molecular complexity index is 649. The molecule has 0 saturated heterocycles. The molecular formula is C9H13BrN6O2S. The quantitative estimate of drug-likeness (QED) is 0.782. The molecule has 0 unspecified atom stereocenters. The van der Waals surface area contributed by atoms with Gasteiger partial charge in [0.1, 0.15) is 5.69 Å². The molecule has 8 nitrogen and oxygen atoms in total. The topological polar surface area (TPSA) is 94.7 Å². The fourth-order valence-corrected chi connectivity index (χ4v) is 2.39. The molecule has 2 aromatic rings. The molecule has 0 amide bonds. The van der Waals surface area contributed by atoms with Crippen LogP contribution in [-0.2, 0) is 23.1 Å². The Morgan fingerprint density at radius 2 is 2.16 bits per heavy atom. The van der Waals surface area contributed by atoms with E-state index in [2.05, 4.69) is 36.1 Å². The van der Waals surface area contributed by atoms with E-state index in [1.807, 2.05) is 6.20 Å². The highest BCUT2D eigenvalue weighted by Gasteiger charge is 2.09. The molecule has 0 radical (unpaired) electrons. The van der Waals surface area contributed by atoms with Crippen LogP contribution in [0.2, 0.25) is 0 Å². The van der Waals surface area contributed by atoms with Gasteiger partial charge < -0.3 is 0 Å². The fourth-order valence-electron chi connectivity index (χ4n) is 1.43. The second kappa shape index (κ2) is 5.80. The Hall–Kier alpha value is -1.26. The standard InChI is InChI=1S/C9H13BrN6O2S/c1-11-19(17,18)3-2-15-6-9(13-14-15)7-16-5-8(10)4-12-16/h4-6,11H,2-3,7H2,1H3. The number of halogens is 1. The SMILES string of the molecule is CNS(=O)(=O)CCn1cc(Cn2cc(Br)cn2)nn1. The van der Waals surface area contributed by atoms with Crippen molar-refractivity contribution in [2.24, 2.45) is 0 Å². The molecule has 10 heteroatoms. The predicted octanol–water partition coefficient (Wildman–Crippen LogP) is -0.165. The second-order valence-corrected chi connectivity index (χ2v) is 6.81. The van der Waals surface area contributed by atoms with Gasteiger partial charge in [0.2, 0.25) is 10.0 Å². The zero-order valence-electron chi connectivity index (χ0n) is 10.2. The van der Waals surface area contributed by atoms with Gasteiger partial charge in [-0.3, -0.25) is 9.36 Å². The summed E-state index contributed by atoms with van der Waals surface area (Å²) in [6.45, 7) is 0.753. The van der Waals surface area contributed by atoms with E-state index in [1.54, 1.807) is 17.1 Å². The highest BCUT2D eigenvalue weighted by molar-refractivity contribution is 9.10. The van der Waals surface area contributed by atoms with E-state index in [-0.39, 0.29) is 12.3 Å². The van der Waals surface area contributed by atoms with Gasteiger partial charge in [0.15, 0.2) is 0 Å². The van der Waals surface area contributed by atoms with Crippen molar-refractivity contribution in [3.05, 3.63) is 28.8 Å². The normalized spacial score (nSPS) is 11.9. The Kier molecular flexibility index (Phi) is 4.32. The van der Waals surface area contributed by atoms with Crippen molar-refractivity contribution in [1.29, 1.82) is 0 Å². The summed E-state index contributed by atoms with van der Waals surface area (Å²) in [7, 11) is -1.84. The molecule has 0 bridgehead atoms. The molecular weight excluding hydrogens is 336 g/mol. The maximum absolute atomic E-state index is 11.3. The van der Waals surface area contributed by atoms with Crippen LogP contribution in [0.3, 0.4) is 0 Å². The average Bonchev–Trinajstić information content (AvgIpc) is 2.97. The lowest BCUT2D eigenvalue weighted by molar-refractivity contribution is 0.568. The highest BCUT2D eigenvalue weighted by Crippen LogP contribution is 2.07. The first-order valence-electron chi connectivity index (χ1n) is 5.47. The van der Waals surface area contributed by atoms with Gasteiger partial charge in [-0.25, -0.2) is 13.1 Å². The number of sulfonamides is 1. The lowest BCUT2D eigenvalue weighted by Crippen LogP contribution is -2.24. The van der Waals surface area contributed by atoms with Crippen LogP contribution in [0.5, 0.6) is 0 Å². The first kappa shape index (κ1) is 14.2. The molecule has 0 aliphatic heterocycles. The minimum absolute atomic E-state index is 0.0282. The van der Waals surface area contributed by atoms with Crippen LogP contribution in [-0.4, -0.2) is 46.0 Å². The maximum Gasteiger partial charge on any atom is 0.213 e. The zero-order valence-corrected chi connectivity index (χ0v) is 12.6. The van der Waals surface area contributed by atoms with Crippen molar-refractivity contribution in [1.82, 2.24) is 29.5 Å². The van der Waals surface area contributed by atoms with E-state index in [4.69, 9.17) is 0 Å². The molecule has 0 atom stereocenters. The molecule has 0 saturated carbocycles. The smallest absolute Gasteiger partial charge is 0.213 e.